The third-order valence-electron chi connectivity index (χ3n) is 22.9. The highest BCUT2D eigenvalue weighted by molar-refractivity contribution is 5.97. The van der Waals surface area contributed by atoms with Crippen LogP contribution in [-0.4, -0.2) is 106 Å². The Balaban J connectivity index is 0.000000496. The smallest absolute Gasteiger partial charge is 0.250 e. The number of nitrogens with zero attached hydrogens (tertiary/aromatic N) is 4. The zero-order valence-corrected chi connectivity index (χ0v) is 95.1. The number of methoxy groups -OCH3 is 1. The van der Waals surface area contributed by atoms with E-state index >= 15 is 0 Å². The first-order valence-electron chi connectivity index (χ1n) is 48.8. The van der Waals surface area contributed by atoms with Gasteiger partial charge in [-0.25, -0.2) is 4.98 Å². The molecule has 130 heavy (non-hydrogen) atoms. The van der Waals surface area contributed by atoms with Gasteiger partial charge in [0.2, 0.25) is 0 Å². The number of aryl methyl sites for hydroxylation is 2. The van der Waals surface area contributed by atoms with Crippen LogP contribution >= 0.6 is 0 Å². The Morgan fingerprint density at radius 2 is 0.715 bits per heavy atom. The van der Waals surface area contributed by atoms with Gasteiger partial charge < -0.3 is 57.2 Å². The molecule has 752 valence electrons. The molecule has 9 heterocycles. The molecule has 0 saturated heterocycles. The van der Waals surface area contributed by atoms with Crippen molar-refractivity contribution in [2.24, 2.45) is 65.0 Å². The van der Waals surface area contributed by atoms with E-state index < -0.39 is 5.79 Å². The molecule has 0 bridgehead atoms. The lowest BCUT2D eigenvalue weighted by atomic mass is 9.74. The number of hydrogen-bond donors (Lipinski definition) is 3. The van der Waals surface area contributed by atoms with E-state index in [-0.39, 0.29) is 109 Å². The minimum absolute atomic E-state index is 0.0295. The van der Waals surface area contributed by atoms with Crippen molar-refractivity contribution in [3.05, 3.63) is 114 Å². The third-order valence-corrected chi connectivity index (χ3v) is 22.9. The zero-order chi connectivity index (χ0) is 102. The van der Waals surface area contributed by atoms with Gasteiger partial charge in [0.25, 0.3) is 5.79 Å². The molecule has 1 fully saturated rings. The summed E-state index contributed by atoms with van der Waals surface area (Å²) in [6.45, 7) is 126. The normalized spacial score (nSPS) is 19.1. The lowest BCUT2D eigenvalue weighted by Crippen LogP contribution is -2.45. The summed E-state index contributed by atoms with van der Waals surface area (Å²) in [5, 5.41) is 25.9. The number of Topliss-reactive ketones (excluding diaryl/α,β-unsaturated/α-hetero) is 1. The number of ketones is 1. The molecule has 1 atom stereocenters. The van der Waals surface area contributed by atoms with Crippen molar-refractivity contribution in [3.8, 4) is 0 Å². The number of ether oxygens (including phenoxy) is 9. The minimum atomic E-state index is -1.20. The summed E-state index contributed by atoms with van der Waals surface area (Å²) in [7, 11) is 1.55. The summed E-state index contributed by atoms with van der Waals surface area (Å²) in [5.41, 5.74) is 14.2. The number of allylic oxidation sites excluding steroid dienone is 9. The average molecular weight is 1820 g/mol. The van der Waals surface area contributed by atoms with E-state index in [2.05, 4.69) is 404 Å². The first-order chi connectivity index (χ1) is 57.5. The van der Waals surface area contributed by atoms with E-state index in [9.17, 15) is 9.90 Å². The predicted molar refractivity (Wildman–Crippen MR) is 544 cm³/mol. The topological polar surface area (TPSA) is 217 Å². The van der Waals surface area contributed by atoms with E-state index in [1.54, 1.807) is 7.11 Å². The molecule has 1 aliphatic carbocycles. The molecule has 6 aliphatic heterocycles. The highest BCUT2D eigenvalue weighted by Crippen LogP contribution is 2.55. The molecule has 0 aromatic carbocycles. The second kappa shape index (κ2) is 42.8. The molecule has 18 heteroatoms. The van der Waals surface area contributed by atoms with Gasteiger partial charge in [-0.15, -0.1) is 0 Å². The monoisotopic (exact) mass is 1820 g/mol. The number of imidazole rings is 1. The summed E-state index contributed by atoms with van der Waals surface area (Å²) in [4.78, 5) is 19.9. The highest BCUT2D eigenvalue weighted by Gasteiger charge is 2.53. The van der Waals surface area contributed by atoms with Crippen LogP contribution in [0.5, 0.6) is 0 Å². The van der Waals surface area contributed by atoms with Gasteiger partial charge in [0.05, 0.1) is 55.8 Å². The number of aliphatic hydroxyl groups is 1. The number of aromatic nitrogens is 6. The Morgan fingerprint density at radius 3 is 0.992 bits per heavy atom. The number of hydrogen-bond acceptors (Lipinski definition) is 16. The fraction of sp³-hybridized carbons (Fsp3) is 0.812. The van der Waals surface area contributed by atoms with Crippen LogP contribution in [0.3, 0.4) is 0 Å². The summed E-state index contributed by atoms with van der Waals surface area (Å²) < 4.78 is 57.5. The second-order valence-electron chi connectivity index (χ2n) is 55.7. The zero-order valence-electron chi connectivity index (χ0n) is 95.1. The summed E-state index contributed by atoms with van der Waals surface area (Å²) in [5.74, 6) is 7.89. The van der Waals surface area contributed by atoms with Crippen LogP contribution in [-0.2, 0) is 79.9 Å². The van der Waals surface area contributed by atoms with Crippen molar-refractivity contribution in [3.63, 3.8) is 0 Å². The molecule has 3 N–H and O–H groups in total. The van der Waals surface area contributed by atoms with Crippen LogP contribution < -0.4 is 0 Å². The number of aromatic amines is 2. The summed E-state index contributed by atoms with van der Waals surface area (Å²) in [6.07, 6.45) is 6.66. The summed E-state index contributed by atoms with van der Waals surface area (Å²) >= 11 is 0. The number of H-pyrrole nitrogens is 2. The molecule has 3 aromatic rings. The van der Waals surface area contributed by atoms with Gasteiger partial charge >= 0.3 is 0 Å². The third kappa shape index (κ3) is 35.4. The van der Waals surface area contributed by atoms with Crippen LogP contribution in [0, 0.1) is 78.8 Å². The molecular formula is C112H202N6O12. The first kappa shape index (κ1) is 120. The Kier molecular flexibility index (Phi) is 39.6. The van der Waals surface area contributed by atoms with E-state index in [1.165, 1.54) is 58.7 Å². The standard InChI is InChI=1S/C14H26O3.C14H24O2.C13H22O2.C13H24O.C12H22N2.C12H21NO.C12H22O2.C12H22O.C10H19N3/c1-12(2,3)10-11(13(4,5)6)17-9-8-14(10,15)16-7;1-12(2,3)10-11(13(4,5)6)16-14(15-10)8-7-9-14;1-12(2,3)10-9(14)7-8-15-11(10)13(4,5)6;1-12(2,3)10-8-7-9-14-11(10)13(4,5)6;1-8-13-9(11(2,3)4)10(14-8)12(5,6)7;1-8-9(11(2,3)4)10(14-13-8)12(5,6)7;1-11(2,3)9-10(12(4,5)6)14-8-7-13-9;1-11(2,3)9-7-13-8-10(9)12(4,5)6;1-9(2,3)7-8(10(4,5)6)12-13-11-7/h15H,8-9H2,1-7H3;7-9H2,1-6H3;7-8H2,1-6H3;7-9H2,1-6H3;1-7H3,(H,13,14);1-7H3;7-8H2,1-6H3;7-8H2,1-6H3;1-6H3,(H,11,12,13). The van der Waals surface area contributed by atoms with Gasteiger partial charge in [0, 0.05) is 120 Å². The molecule has 10 rings (SSSR count). The SMILES string of the molecule is CC(C)(C)C1=C(C(C)(C)C)C(=O)CCO1.CC(C)(C)C1=C(C(C)(C)C)COC1.CC(C)(C)C1=C(C(C)(C)C)OC2(CCC2)O1.CC(C)(C)C1=C(C(C)(C)C)OCCC1.CC(C)(C)C1=C(C(C)(C)C)OCCO1.CC(C)(C)c1n[nH]nc1C(C)(C)C.COC1(O)CCOC(C(C)(C)C)=C1C(C)(C)C.Cc1nc(C(C)(C)C)c(C(C)(C)C)[nH]1.Cc1noc(C(C)(C)C)c1C(C)(C)C. The molecular weight excluding hydrogens is 1620 g/mol. The predicted octanol–water partition coefficient (Wildman–Crippen LogP) is 30.8. The van der Waals surface area contributed by atoms with E-state index in [0.29, 0.717) is 39.3 Å². The van der Waals surface area contributed by atoms with Gasteiger partial charge in [-0.3, -0.25) is 4.79 Å². The van der Waals surface area contributed by atoms with Gasteiger partial charge in [-0.1, -0.05) is 379 Å². The molecule has 1 spiro atoms. The van der Waals surface area contributed by atoms with Gasteiger partial charge in [0.1, 0.15) is 65.1 Å². The number of rotatable bonds is 1. The van der Waals surface area contributed by atoms with Crippen molar-refractivity contribution in [2.75, 3.05) is 53.4 Å². The fourth-order valence-electron chi connectivity index (χ4n) is 16.4. The number of nitrogens with one attached hydrogen (secondary N) is 2. The van der Waals surface area contributed by atoms with Crippen molar-refractivity contribution in [1.29, 1.82) is 0 Å². The van der Waals surface area contributed by atoms with E-state index in [1.807, 2.05) is 13.8 Å². The molecule has 0 amide bonds. The van der Waals surface area contributed by atoms with Crippen LogP contribution in [0.4, 0.5) is 0 Å². The Morgan fingerprint density at radius 1 is 0.346 bits per heavy atom. The largest absolute Gasteiger partial charge is 0.497 e. The summed E-state index contributed by atoms with van der Waals surface area (Å²) in [6, 6.07) is 0. The lowest BCUT2D eigenvalue weighted by Gasteiger charge is -2.44. The maximum Gasteiger partial charge on any atom is 0.250 e. The Bertz CT molecular complexity index is 4100. The second-order valence-corrected chi connectivity index (χ2v) is 55.7. The maximum atomic E-state index is 12.0. The number of carbonyl (C=O) groups excluding carboxylic acids is 1. The Hall–Kier alpha value is -5.85. The molecule has 1 unspecified atom stereocenters. The molecule has 1 saturated carbocycles. The lowest BCUT2D eigenvalue weighted by molar-refractivity contribution is -0.212. The Labute approximate surface area is 797 Å². The highest BCUT2D eigenvalue weighted by atomic mass is 16.7. The van der Waals surface area contributed by atoms with Crippen LogP contribution in [0.1, 0.15) is 464 Å². The maximum absolute atomic E-state index is 12.0. The molecule has 7 aliphatic rings. The molecule has 3 aromatic heterocycles. The van der Waals surface area contributed by atoms with Crippen LogP contribution in [0.15, 0.2) is 72.7 Å². The van der Waals surface area contributed by atoms with Crippen molar-refractivity contribution < 1.29 is 57.1 Å². The van der Waals surface area contributed by atoms with Crippen LogP contribution in [0.2, 0.25) is 0 Å². The van der Waals surface area contributed by atoms with Gasteiger partial charge in [-0.2, -0.15) is 15.4 Å². The van der Waals surface area contributed by atoms with Crippen molar-refractivity contribution in [2.45, 2.75) is 477 Å². The van der Waals surface area contributed by atoms with E-state index in [0.717, 1.165) is 107 Å². The van der Waals surface area contributed by atoms with Gasteiger partial charge in [-0.05, 0) is 82.3 Å². The van der Waals surface area contributed by atoms with Gasteiger partial charge in [0.15, 0.2) is 11.6 Å². The van der Waals surface area contributed by atoms with Crippen LogP contribution in [0.25, 0.3) is 0 Å². The van der Waals surface area contributed by atoms with Crippen molar-refractivity contribution in [1.82, 2.24) is 30.5 Å². The fourth-order valence-corrected chi connectivity index (χ4v) is 16.4. The average Bonchev–Trinajstić information content (AvgIpc) is 1.58. The number of carbonyl (C=O) groups is 1. The van der Waals surface area contributed by atoms with E-state index in [4.69, 9.17) is 47.2 Å². The minimum Gasteiger partial charge on any atom is -0.497 e. The molecule has 18 nitrogen and oxygen atoms in total. The van der Waals surface area contributed by atoms with Crippen molar-refractivity contribution >= 4 is 5.78 Å². The molecule has 0 radical (unpaired) electrons. The first-order valence-corrected chi connectivity index (χ1v) is 48.8. The quantitative estimate of drug-likeness (QED) is 0.152.